The van der Waals surface area contributed by atoms with E-state index in [0.717, 1.165) is 24.2 Å². The molecule has 3 rings (SSSR count). The number of carbonyl (C=O) groups is 1. The molecule has 0 unspecified atom stereocenters. The van der Waals surface area contributed by atoms with Crippen LogP contribution in [-0.4, -0.2) is 12.5 Å². The zero-order valence-corrected chi connectivity index (χ0v) is 11.2. The summed E-state index contributed by atoms with van der Waals surface area (Å²) in [6, 6.07) is 15.7. The molecule has 0 spiro atoms. The Morgan fingerprint density at radius 3 is 2.75 bits per heavy atom. The van der Waals surface area contributed by atoms with E-state index in [4.69, 9.17) is 10.5 Å². The fourth-order valence-electron chi connectivity index (χ4n) is 2.77. The molecular weight excluding hydrogens is 250 g/mol. The number of nitrogens with two attached hydrogens (primary N) is 1. The monoisotopic (exact) mass is 267 g/mol. The number of fused-ring (bicyclic) bond motifs is 1. The van der Waals surface area contributed by atoms with Gasteiger partial charge in [-0.3, -0.25) is 4.79 Å². The zero-order valence-electron chi connectivity index (χ0n) is 11.2. The lowest BCUT2D eigenvalue weighted by molar-refractivity contribution is 0.0999. The van der Waals surface area contributed by atoms with Crippen LogP contribution < -0.4 is 10.5 Å². The van der Waals surface area contributed by atoms with Gasteiger partial charge in [0.1, 0.15) is 5.75 Å². The second kappa shape index (κ2) is 5.37. The van der Waals surface area contributed by atoms with Crippen molar-refractivity contribution in [2.45, 2.75) is 12.8 Å². The van der Waals surface area contributed by atoms with Crippen LogP contribution in [0.1, 0.15) is 21.5 Å². The summed E-state index contributed by atoms with van der Waals surface area (Å²) >= 11 is 0. The minimum Gasteiger partial charge on any atom is -0.493 e. The first-order valence-corrected chi connectivity index (χ1v) is 6.82. The lowest BCUT2D eigenvalue weighted by atomic mass is 9.89. The molecule has 0 saturated carbocycles. The van der Waals surface area contributed by atoms with Crippen molar-refractivity contribution < 1.29 is 9.53 Å². The van der Waals surface area contributed by atoms with Crippen LogP contribution in [0.15, 0.2) is 48.5 Å². The van der Waals surface area contributed by atoms with Gasteiger partial charge in [-0.05, 0) is 36.1 Å². The number of hydrogen-bond donors (Lipinski definition) is 1. The standard InChI is InChI=1S/C17H17NO2/c18-17(19)15-7-3-1-5-13(15)9-12-10-14-6-2-4-8-16(14)20-11-12/h1-8,12H,9-11H2,(H2,18,19)/t12-/m0/s1. The molecule has 0 saturated heterocycles. The number of primary amides is 1. The molecule has 3 nitrogen and oxygen atoms in total. The summed E-state index contributed by atoms with van der Waals surface area (Å²) in [5, 5.41) is 0. The highest BCUT2D eigenvalue weighted by Gasteiger charge is 2.21. The second-order valence-electron chi connectivity index (χ2n) is 5.21. The van der Waals surface area contributed by atoms with Gasteiger partial charge in [-0.15, -0.1) is 0 Å². The van der Waals surface area contributed by atoms with Gasteiger partial charge in [0.25, 0.3) is 0 Å². The van der Waals surface area contributed by atoms with Crippen molar-refractivity contribution in [2.24, 2.45) is 11.7 Å². The van der Waals surface area contributed by atoms with Crippen LogP contribution in [0.3, 0.4) is 0 Å². The van der Waals surface area contributed by atoms with Gasteiger partial charge in [-0.1, -0.05) is 36.4 Å². The third-order valence-electron chi connectivity index (χ3n) is 3.75. The lowest BCUT2D eigenvalue weighted by Gasteiger charge is -2.25. The Labute approximate surface area is 118 Å². The first-order valence-electron chi connectivity index (χ1n) is 6.82. The number of rotatable bonds is 3. The fraction of sp³-hybridized carbons (Fsp3) is 0.235. The average Bonchev–Trinajstić information content (AvgIpc) is 2.47. The van der Waals surface area contributed by atoms with Gasteiger partial charge in [-0.2, -0.15) is 0 Å². The molecule has 20 heavy (non-hydrogen) atoms. The number of ether oxygens (including phenoxy) is 1. The van der Waals surface area contributed by atoms with Crippen LogP contribution in [0.4, 0.5) is 0 Å². The highest BCUT2D eigenvalue weighted by Crippen LogP contribution is 2.29. The van der Waals surface area contributed by atoms with E-state index < -0.39 is 0 Å². The molecule has 0 fully saturated rings. The number of benzene rings is 2. The van der Waals surface area contributed by atoms with Crippen molar-refractivity contribution >= 4 is 5.91 Å². The molecule has 3 heteroatoms. The Morgan fingerprint density at radius 1 is 1.15 bits per heavy atom. The highest BCUT2D eigenvalue weighted by atomic mass is 16.5. The first kappa shape index (κ1) is 12.7. The van der Waals surface area contributed by atoms with E-state index in [-0.39, 0.29) is 5.91 Å². The van der Waals surface area contributed by atoms with Crippen molar-refractivity contribution in [3.05, 3.63) is 65.2 Å². The van der Waals surface area contributed by atoms with E-state index in [1.165, 1.54) is 5.56 Å². The van der Waals surface area contributed by atoms with Crippen LogP contribution in [-0.2, 0) is 12.8 Å². The summed E-state index contributed by atoms with van der Waals surface area (Å²) in [4.78, 5) is 11.5. The predicted molar refractivity (Wildman–Crippen MR) is 77.8 cm³/mol. The van der Waals surface area contributed by atoms with Gasteiger partial charge in [0, 0.05) is 11.5 Å². The van der Waals surface area contributed by atoms with Crippen molar-refractivity contribution in [1.82, 2.24) is 0 Å². The Hall–Kier alpha value is -2.29. The minimum absolute atomic E-state index is 0.363. The average molecular weight is 267 g/mol. The Kier molecular flexibility index (Phi) is 3.42. The molecule has 102 valence electrons. The van der Waals surface area contributed by atoms with E-state index >= 15 is 0 Å². The number of para-hydroxylation sites is 1. The topological polar surface area (TPSA) is 52.3 Å². The molecule has 0 aliphatic carbocycles. The summed E-state index contributed by atoms with van der Waals surface area (Å²) in [5.41, 5.74) is 8.29. The molecule has 0 aromatic heterocycles. The first-order chi connectivity index (χ1) is 9.74. The number of hydrogen-bond acceptors (Lipinski definition) is 2. The molecule has 1 aliphatic heterocycles. The van der Waals surface area contributed by atoms with Gasteiger partial charge >= 0.3 is 0 Å². The summed E-state index contributed by atoms with van der Waals surface area (Å²) in [6.45, 7) is 0.685. The Morgan fingerprint density at radius 2 is 1.90 bits per heavy atom. The van der Waals surface area contributed by atoms with Gasteiger partial charge < -0.3 is 10.5 Å². The van der Waals surface area contributed by atoms with Crippen molar-refractivity contribution in [2.75, 3.05) is 6.61 Å². The highest BCUT2D eigenvalue weighted by molar-refractivity contribution is 5.94. The minimum atomic E-state index is -0.363. The van der Waals surface area contributed by atoms with E-state index in [1.807, 2.05) is 36.4 Å². The van der Waals surface area contributed by atoms with Gasteiger partial charge in [-0.25, -0.2) is 0 Å². The van der Waals surface area contributed by atoms with E-state index in [9.17, 15) is 4.79 Å². The molecule has 2 N–H and O–H groups in total. The van der Waals surface area contributed by atoms with Gasteiger partial charge in [0.2, 0.25) is 5.91 Å². The maximum atomic E-state index is 11.5. The molecule has 1 amide bonds. The molecule has 1 heterocycles. The Balaban J connectivity index is 1.79. The quantitative estimate of drug-likeness (QED) is 0.929. The van der Waals surface area contributed by atoms with Crippen LogP contribution in [0, 0.1) is 5.92 Å². The van der Waals surface area contributed by atoms with Gasteiger partial charge in [0.15, 0.2) is 0 Å². The fourth-order valence-corrected chi connectivity index (χ4v) is 2.77. The third-order valence-corrected chi connectivity index (χ3v) is 3.75. The molecule has 2 aromatic carbocycles. The summed E-state index contributed by atoms with van der Waals surface area (Å²) in [5.74, 6) is 0.995. The normalized spacial score (nSPS) is 17.1. The van der Waals surface area contributed by atoms with Gasteiger partial charge in [0.05, 0.1) is 6.61 Å². The predicted octanol–water partition coefficient (Wildman–Crippen LogP) is 2.58. The molecular formula is C17H17NO2. The maximum absolute atomic E-state index is 11.5. The maximum Gasteiger partial charge on any atom is 0.248 e. The van der Waals surface area contributed by atoms with Crippen molar-refractivity contribution in [3.63, 3.8) is 0 Å². The van der Waals surface area contributed by atoms with Crippen LogP contribution in [0.5, 0.6) is 5.75 Å². The lowest BCUT2D eigenvalue weighted by Crippen LogP contribution is -2.24. The van der Waals surface area contributed by atoms with Crippen LogP contribution in [0.2, 0.25) is 0 Å². The molecule has 1 aliphatic rings. The van der Waals surface area contributed by atoms with E-state index in [2.05, 4.69) is 6.07 Å². The second-order valence-corrected chi connectivity index (χ2v) is 5.21. The SMILES string of the molecule is NC(=O)c1ccccc1C[C@@H]1COc2ccccc2C1. The molecule has 1 atom stereocenters. The summed E-state index contributed by atoms with van der Waals surface area (Å²) < 4.78 is 5.79. The number of carbonyl (C=O) groups excluding carboxylic acids is 1. The van der Waals surface area contributed by atoms with E-state index in [1.54, 1.807) is 6.07 Å². The summed E-state index contributed by atoms with van der Waals surface area (Å²) in [7, 11) is 0. The largest absolute Gasteiger partial charge is 0.493 e. The third kappa shape index (κ3) is 2.52. The van der Waals surface area contributed by atoms with E-state index in [0.29, 0.717) is 18.1 Å². The van der Waals surface area contributed by atoms with Crippen molar-refractivity contribution in [3.8, 4) is 5.75 Å². The number of amides is 1. The zero-order chi connectivity index (χ0) is 13.9. The smallest absolute Gasteiger partial charge is 0.248 e. The van der Waals surface area contributed by atoms with Crippen LogP contribution >= 0.6 is 0 Å². The Bertz CT molecular complexity index is 636. The molecule has 0 radical (unpaired) electrons. The molecule has 0 bridgehead atoms. The summed E-state index contributed by atoms with van der Waals surface area (Å²) in [6.07, 6.45) is 1.79. The van der Waals surface area contributed by atoms with Crippen molar-refractivity contribution in [1.29, 1.82) is 0 Å². The van der Waals surface area contributed by atoms with Crippen LogP contribution in [0.25, 0.3) is 0 Å². The molecule has 2 aromatic rings.